The van der Waals surface area contributed by atoms with Crippen LogP contribution in [0.15, 0.2) is 0 Å². The van der Waals surface area contributed by atoms with Gasteiger partial charge in [0, 0.05) is 19.6 Å². The molecule has 0 fully saturated rings. The van der Waals surface area contributed by atoms with E-state index in [1.54, 1.807) is 0 Å². The van der Waals surface area contributed by atoms with Gasteiger partial charge in [-0.05, 0) is 14.1 Å². The van der Waals surface area contributed by atoms with E-state index in [1.807, 2.05) is 14.1 Å². The van der Waals surface area contributed by atoms with Crippen LogP contribution in [0.25, 0.3) is 0 Å². The maximum absolute atomic E-state index is 9.87. The summed E-state index contributed by atoms with van der Waals surface area (Å²) in [6.07, 6.45) is 1.56. The SMILES string of the molecule is CNCN(C)CCC=O. The molecule has 0 aromatic carbocycles. The number of hydrogen-bond acceptors (Lipinski definition) is 3. The van der Waals surface area contributed by atoms with Gasteiger partial charge in [-0.1, -0.05) is 0 Å². The highest BCUT2D eigenvalue weighted by molar-refractivity contribution is 5.49. The lowest BCUT2D eigenvalue weighted by atomic mass is 10.4. The minimum atomic E-state index is 0.623. The van der Waals surface area contributed by atoms with Crippen LogP contribution in [0.4, 0.5) is 0 Å². The molecule has 0 atom stereocenters. The van der Waals surface area contributed by atoms with Crippen molar-refractivity contribution in [3.63, 3.8) is 0 Å². The first-order valence-electron chi connectivity index (χ1n) is 3.08. The first-order chi connectivity index (χ1) is 4.31. The summed E-state index contributed by atoms with van der Waals surface area (Å²) >= 11 is 0. The summed E-state index contributed by atoms with van der Waals surface area (Å²) in [5, 5.41) is 2.99. The number of hydrogen-bond donors (Lipinski definition) is 1. The van der Waals surface area contributed by atoms with Gasteiger partial charge in [0.1, 0.15) is 6.29 Å². The smallest absolute Gasteiger partial charge is 0.121 e. The maximum Gasteiger partial charge on any atom is 0.121 e. The van der Waals surface area contributed by atoms with E-state index in [9.17, 15) is 4.79 Å². The van der Waals surface area contributed by atoms with Crippen LogP contribution in [0.3, 0.4) is 0 Å². The molecule has 0 radical (unpaired) electrons. The maximum atomic E-state index is 9.87. The third-order valence-electron chi connectivity index (χ3n) is 1.06. The van der Waals surface area contributed by atoms with Gasteiger partial charge in [0.05, 0.1) is 0 Å². The highest BCUT2D eigenvalue weighted by Gasteiger charge is 1.92. The zero-order valence-corrected chi connectivity index (χ0v) is 6.05. The fourth-order valence-electron chi connectivity index (χ4n) is 0.622. The Morgan fingerprint density at radius 1 is 1.67 bits per heavy atom. The van der Waals surface area contributed by atoms with Gasteiger partial charge in [0.25, 0.3) is 0 Å². The average molecular weight is 130 g/mol. The Labute approximate surface area is 56.0 Å². The predicted octanol–water partition coefficient (Wildman–Crippen LogP) is -0.316. The van der Waals surface area contributed by atoms with Crippen LogP contribution < -0.4 is 5.32 Å². The molecule has 3 heteroatoms. The van der Waals surface area contributed by atoms with Gasteiger partial charge in [-0.2, -0.15) is 0 Å². The number of nitrogens with zero attached hydrogens (tertiary/aromatic N) is 1. The van der Waals surface area contributed by atoms with Crippen molar-refractivity contribution in [1.82, 2.24) is 10.2 Å². The first-order valence-corrected chi connectivity index (χ1v) is 3.08. The van der Waals surface area contributed by atoms with Crippen molar-refractivity contribution in [3.8, 4) is 0 Å². The molecule has 0 saturated heterocycles. The summed E-state index contributed by atoms with van der Waals surface area (Å²) in [6, 6.07) is 0. The summed E-state index contributed by atoms with van der Waals surface area (Å²) in [4.78, 5) is 11.9. The van der Waals surface area contributed by atoms with Crippen molar-refractivity contribution >= 4 is 6.29 Å². The molecule has 0 amide bonds. The van der Waals surface area contributed by atoms with Crippen LogP contribution in [-0.2, 0) is 4.79 Å². The van der Waals surface area contributed by atoms with Crippen LogP contribution in [0.1, 0.15) is 6.42 Å². The van der Waals surface area contributed by atoms with Crippen LogP contribution >= 0.6 is 0 Å². The molecular weight excluding hydrogens is 116 g/mol. The van der Waals surface area contributed by atoms with Gasteiger partial charge in [-0.3, -0.25) is 4.90 Å². The van der Waals surface area contributed by atoms with Crippen LogP contribution in [0.2, 0.25) is 0 Å². The van der Waals surface area contributed by atoms with Crippen LogP contribution in [-0.4, -0.2) is 38.5 Å². The third-order valence-corrected chi connectivity index (χ3v) is 1.06. The summed E-state index contributed by atoms with van der Waals surface area (Å²) in [5.74, 6) is 0. The molecule has 1 N–H and O–H groups in total. The molecule has 3 nitrogen and oxygen atoms in total. The van der Waals surface area contributed by atoms with E-state index in [1.165, 1.54) is 0 Å². The molecule has 9 heavy (non-hydrogen) atoms. The van der Waals surface area contributed by atoms with Crippen molar-refractivity contribution in [1.29, 1.82) is 0 Å². The van der Waals surface area contributed by atoms with Gasteiger partial charge < -0.3 is 10.1 Å². The summed E-state index contributed by atoms with van der Waals surface area (Å²) in [6.45, 7) is 1.68. The van der Waals surface area contributed by atoms with E-state index in [4.69, 9.17) is 0 Å². The third kappa shape index (κ3) is 5.46. The molecule has 0 aliphatic carbocycles. The van der Waals surface area contributed by atoms with Crippen molar-refractivity contribution in [3.05, 3.63) is 0 Å². The van der Waals surface area contributed by atoms with E-state index in [0.29, 0.717) is 6.42 Å². The van der Waals surface area contributed by atoms with E-state index in [0.717, 1.165) is 19.5 Å². The zero-order valence-electron chi connectivity index (χ0n) is 6.05. The molecule has 0 rings (SSSR count). The Morgan fingerprint density at radius 2 is 2.33 bits per heavy atom. The Kier molecular flexibility index (Phi) is 5.46. The number of nitrogens with one attached hydrogen (secondary N) is 1. The quantitative estimate of drug-likeness (QED) is 0.409. The van der Waals surface area contributed by atoms with Crippen LogP contribution in [0, 0.1) is 0 Å². The standard InChI is InChI=1S/C6H14N2O/c1-7-6-8(2)4-3-5-9/h5,7H,3-4,6H2,1-2H3. The van der Waals surface area contributed by atoms with Gasteiger partial charge in [0.15, 0.2) is 0 Å². The van der Waals surface area contributed by atoms with E-state index < -0.39 is 0 Å². The molecular formula is C6H14N2O. The summed E-state index contributed by atoms with van der Waals surface area (Å²) < 4.78 is 0. The molecule has 0 saturated carbocycles. The molecule has 0 aromatic heterocycles. The van der Waals surface area contributed by atoms with Gasteiger partial charge in [-0.15, -0.1) is 0 Å². The Morgan fingerprint density at radius 3 is 2.78 bits per heavy atom. The Balaban J connectivity index is 3.04. The number of aldehydes is 1. The fourth-order valence-corrected chi connectivity index (χ4v) is 0.622. The average Bonchev–Trinajstić information content (AvgIpc) is 1.85. The molecule has 0 bridgehead atoms. The second kappa shape index (κ2) is 5.72. The minimum absolute atomic E-state index is 0.623. The second-order valence-electron chi connectivity index (χ2n) is 2.05. The van der Waals surface area contributed by atoms with E-state index >= 15 is 0 Å². The molecule has 0 aliphatic heterocycles. The van der Waals surface area contributed by atoms with E-state index in [-0.39, 0.29) is 0 Å². The number of carbonyl (C=O) groups excluding carboxylic acids is 1. The lowest BCUT2D eigenvalue weighted by Gasteiger charge is -2.12. The second-order valence-corrected chi connectivity index (χ2v) is 2.05. The van der Waals surface area contributed by atoms with Gasteiger partial charge in [-0.25, -0.2) is 0 Å². The van der Waals surface area contributed by atoms with Crippen molar-refractivity contribution in [2.24, 2.45) is 0 Å². The van der Waals surface area contributed by atoms with Gasteiger partial charge in [0.2, 0.25) is 0 Å². The largest absolute Gasteiger partial charge is 0.307 e. The predicted molar refractivity (Wildman–Crippen MR) is 37.2 cm³/mol. The topological polar surface area (TPSA) is 32.3 Å². The van der Waals surface area contributed by atoms with Crippen molar-refractivity contribution < 1.29 is 4.79 Å². The summed E-state index contributed by atoms with van der Waals surface area (Å²) in [5.41, 5.74) is 0. The fraction of sp³-hybridized carbons (Fsp3) is 0.833. The monoisotopic (exact) mass is 130 g/mol. The highest BCUT2D eigenvalue weighted by Crippen LogP contribution is 1.79. The Bertz CT molecular complexity index is 75.5. The number of carbonyl (C=O) groups is 1. The summed E-state index contributed by atoms with van der Waals surface area (Å²) in [7, 11) is 3.86. The molecule has 0 aliphatic rings. The minimum Gasteiger partial charge on any atom is -0.307 e. The molecule has 0 aromatic rings. The first kappa shape index (κ1) is 8.59. The molecule has 0 unspecified atom stereocenters. The lowest BCUT2D eigenvalue weighted by Crippen LogP contribution is -2.29. The lowest BCUT2D eigenvalue weighted by molar-refractivity contribution is -0.108. The zero-order chi connectivity index (χ0) is 7.11. The van der Waals surface area contributed by atoms with E-state index in [2.05, 4.69) is 10.2 Å². The number of rotatable bonds is 5. The van der Waals surface area contributed by atoms with Gasteiger partial charge >= 0.3 is 0 Å². The molecule has 0 heterocycles. The molecule has 0 spiro atoms. The normalized spacial score (nSPS) is 10.1. The highest BCUT2D eigenvalue weighted by atomic mass is 16.1. The van der Waals surface area contributed by atoms with Crippen molar-refractivity contribution in [2.45, 2.75) is 6.42 Å². The van der Waals surface area contributed by atoms with Crippen LogP contribution in [0.5, 0.6) is 0 Å². The Hall–Kier alpha value is -0.410. The molecule has 54 valence electrons. The van der Waals surface area contributed by atoms with Crippen molar-refractivity contribution in [2.75, 3.05) is 27.3 Å².